The average Bonchev–Trinajstić information content (AvgIpc) is 2.79. The van der Waals surface area contributed by atoms with Gasteiger partial charge in [-0.15, -0.1) is 0 Å². The van der Waals surface area contributed by atoms with Gasteiger partial charge in [0.05, 0.1) is 36.9 Å². The lowest BCUT2D eigenvalue weighted by molar-refractivity contribution is -0.356. The molecule has 0 aromatic rings. The Bertz CT molecular complexity index is 635. The van der Waals surface area contributed by atoms with Crippen LogP contribution in [-0.4, -0.2) is 128 Å². The monoisotopic (exact) mass is 479 g/mol. The second-order valence-electron chi connectivity index (χ2n) is 10.1. The lowest BCUT2D eigenvalue weighted by Gasteiger charge is -2.48. The fraction of sp³-hybridized carbons (Fsp3) is 1.00. The Hall–Kier alpha value is -0.440. The molecule has 0 amide bonds. The molecule has 2 aliphatic carbocycles. The van der Waals surface area contributed by atoms with Gasteiger partial charge in [0.25, 0.3) is 0 Å². The van der Waals surface area contributed by atoms with Crippen molar-refractivity contribution in [1.82, 2.24) is 0 Å². The van der Waals surface area contributed by atoms with E-state index in [2.05, 4.69) is 0 Å². The van der Waals surface area contributed by atoms with E-state index in [1.807, 2.05) is 0 Å². The van der Waals surface area contributed by atoms with E-state index >= 15 is 0 Å². The predicted molar refractivity (Wildman–Crippen MR) is 112 cm³/mol. The molecule has 0 radical (unpaired) electrons. The summed E-state index contributed by atoms with van der Waals surface area (Å²) in [4.78, 5) is 0. The zero-order valence-corrected chi connectivity index (χ0v) is 18.8. The molecule has 14 atom stereocenters. The lowest BCUT2D eigenvalue weighted by atomic mass is 9.72. The molecule has 2 saturated heterocycles. The Labute approximate surface area is 192 Å². The van der Waals surface area contributed by atoms with Crippen molar-refractivity contribution in [3.05, 3.63) is 0 Å². The van der Waals surface area contributed by atoms with Gasteiger partial charge in [0.2, 0.25) is 0 Å². The highest BCUT2D eigenvalue weighted by Gasteiger charge is 2.54. The molecule has 0 aromatic heterocycles. The van der Waals surface area contributed by atoms with Crippen LogP contribution in [0.4, 0.5) is 0 Å². The third-order valence-electron chi connectivity index (χ3n) is 8.01. The maximum Gasteiger partial charge on any atom is 0.187 e. The molecule has 33 heavy (non-hydrogen) atoms. The minimum atomic E-state index is -1.55. The molecule has 192 valence electrons. The van der Waals surface area contributed by atoms with E-state index < -0.39 is 61.7 Å². The quantitative estimate of drug-likeness (QED) is 0.203. The molecule has 4 rings (SSSR count). The van der Waals surface area contributed by atoms with Crippen molar-refractivity contribution in [2.45, 2.75) is 112 Å². The van der Waals surface area contributed by atoms with Crippen molar-refractivity contribution in [3.63, 3.8) is 0 Å². The molecular formula is C22H39O11+. The van der Waals surface area contributed by atoms with E-state index in [4.69, 9.17) is 18.9 Å². The van der Waals surface area contributed by atoms with Crippen molar-refractivity contribution in [1.29, 1.82) is 0 Å². The maximum atomic E-state index is 10.6. The fourth-order valence-corrected chi connectivity index (χ4v) is 6.09. The summed E-state index contributed by atoms with van der Waals surface area (Å²) in [5.74, 6) is -0.225. The largest absolute Gasteiger partial charge is 0.427 e. The maximum absolute atomic E-state index is 10.6. The van der Waals surface area contributed by atoms with Crippen molar-refractivity contribution >= 4 is 0 Å². The van der Waals surface area contributed by atoms with Crippen molar-refractivity contribution < 1.29 is 54.7 Å². The summed E-state index contributed by atoms with van der Waals surface area (Å²) in [5.41, 5.74) is 0. The summed E-state index contributed by atoms with van der Waals surface area (Å²) >= 11 is 0. The molecule has 2 heterocycles. The average molecular weight is 480 g/mol. The second kappa shape index (κ2) is 10.7. The smallest absolute Gasteiger partial charge is 0.187 e. The number of aliphatic hydroxyl groups is 9. The summed E-state index contributed by atoms with van der Waals surface area (Å²) in [7, 11) is 1.56. The molecule has 11 heteroatoms. The van der Waals surface area contributed by atoms with E-state index in [1.165, 1.54) is 0 Å². The summed E-state index contributed by atoms with van der Waals surface area (Å²) in [5, 5.41) is 71.2. The molecule has 0 spiro atoms. The van der Waals surface area contributed by atoms with Crippen LogP contribution in [0.25, 0.3) is 0 Å². The highest BCUT2D eigenvalue weighted by atomic mass is 16.7. The first-order chi connectivity index (χ1) is 15.7. The predicted octanol–water partition coefficient (Wildman–Crippen LogP) is -2.85. The number of hydrogen-bond acceptors (Lipinski definition) is 10. The van der Waals surface area contributed by atoms with Crippen LogP contribution in [0.2, 0.25) is 0 Å². The van der Waals surface area contributed by atoms with Gasteiger partial charge in [-0.1, -0.05) is 0 Å². The topological polar surface area (TPSA) is 182 Å². The van der Waals surface area contributed by atoms with Crippen LogP contribution in [0.5, 0.6) is 0 Å². The van der Waals surface area contributed by atoms with Crippen molar-refractivity contribution in [3.8, 4) is 0 Å². The Morgan fingerprint density at radius 2 is 1.61 bits per heavy atom. The Morgan fingerprint density at radius 3 is 2.30 bits per heavy atom. The molecule has 4 fully saturated rings. The van der Waals surface area contributed by atoms with Crippen LogP contribution >= 0.6 is 0 Å². The van der Waals surface area contributed by atoms with Crippen molar-refractivity contribution in [2.24, 2.45) is 11.8 Å². The normalized spacial score (nSPS) is 53.5. The summed E-state index contributed by atoms with van der Waals surface area (Å²) < 4.78 is 22.2. The van der Waals surface area contributed by atoms with Gasteiger partial charge < -0.3 is 54.7 Å². The van der Waals surface area contributed by atoms with Gasteiger partial charge in [-0.3, -0.25) is 0 Å². The van der Waals surface area contributed by atoms with Gasteiger partial charge in [0.1, 0.15) is 30.5 Å². The fourth-order valence-electron chi connectivity index (χ4n) is 6.09. The van der Waals surface area contributed by atoms with E-state index in [9.17, 15) is 35.7 Å². The number of hydrogen-bond donors (Lipinski definition) is 7. The molecule has 9 unspecified atom stereocenters. The van der Waals surface area contributed by atoms with Gasteiger partial charge in [-0.05, 0) is 25.7 Å². The first-order valence-corrected chi connectivity index (χ1v) is 12.0. The Morgan fingerprint density at radius 1 is 0.848 bits per heavy atom. The van der Waals surface area contributed by atoms with Crippen molar-refractivity contribution in [2.75, 3.05) is 13.7 Å². The number of methoxy groups -OCH3 is 1. The summed E-state index contributed by atoms with van der Waals surface area (Å²) in [6, 6.07) is 0. The number of aliphatic hydroxyl groups excluding tert-OH is 7. The first-order valence-electron chi connectivity index (χ1n) is 12.0. The van der Waals surface area contributed by atoms with Crippen LogP contribution in [-0.2, 0) is 14.2 Å². The first kappa shape index (κ1) is 25.6. The van der Waals surface area contributed by atoms with E-state index in [0.717, 1.165) is 0 Å². The standard InChI is InChI=1S/C22H38O11/c1-30-15-4-9(2-3-12(15)25)21-16(7-11-13(26)5-10(24)6-14(11)31-21)32-22-20(29)19(28)18(27)17(8-23)33-22/h9-29H,2-8H2,1H3/p+1/t9?,10?,11?,12?,13?,14?,15?,16?,17-,18-,19+,20-,21?,22+/m1/s1. The van der Waals surface area contributed by atoms with Crippen LogP contribution in [0, 0.1) is 11.8 Å². The van der Waals surface area contributed by atoms with Crippen LogP contribution in [0.3, 0.4) is 0 Å². The zero-order chi connectivity index (χ0) is 23.9. The van der Waals surface area contributed by atoms with E-state index in [0.29, 0.717) is 32.1 Å². The SMILES string of the molecule is COC1CC(C2[OH+]C3CC(O)CC(O)C3CC2O[C@H]2O[C@H](CO)[C@@H](O)[C@H](O)[C@H]2O)CCC1O. The van der Waals surface area contributed by atoms with Crippen LogP contribution < -0.4 is 0 Å². The molecule has 4 aliphatic rings. The van der Waals surface area contributed by atoms with Crippen LogP contribution in [0.15, 0.2) is 0 Å². The Kier molecular flexibility index (Phi) is 8.29. The number of rotatable bonds is 5. The van der Waals surface area contributed by atoms with Gasteiger partial charge in [-0.25, -0.2) is 0 Å². The van der Waals surface area contributed by atoms with E-state index in [-0.39, 0.29) is 36.6 Å². The summed E-state index contributed by atoms with van der Waals surface area (Å²) in [6.07, 6.45) is -7.48. The molecule has 2 aliphatic heterocycles. The van der Waals surface area contributed by atoms with Gasteiger partial charge in [0.15, 0.2) is 18.5 Å². The second-order valence-corrected chi connectivity index (χ2v) is 10.1. The molecule has 8 N–H and O–H groups in total. The van der Waals surface area contributed by atoms with Gasteiger partial charge in [-0.2, -0.15) is 0 Å². The lowest BCUT2D eigenvalue weighted by Crippen LogP contribution is -2.63. The van der Waals surface area contributed by atoms with E-state index in [1.54, 1.807) is 7.11 Å². The highest BCUT2D eigenvalue weighted by Crippen LogP contribution is 2.42. The van der Waals surface area contributed by atoms with Crippen LogP contribution in [0.1, 0.15) is 38.5 Å². The van der Waals surface area contributed by atoms with Gasteiger partial charge in [0, 0.05) is 25.9 Å². The zero-order valence-electron chi connectivity index (χ0n) is 18.8. The highest BCUT2D eigenvalue weighted by molar-refractivity contribution is 4.98. The molecule has 11 nitrogen and oxygen atoms in total. The summed E-state index contributed by atoms with van der Waals surface area (Å²) in [6.45, 7) is -0.555. The minimum absolute atomic E-state index is 0.00500. The number of fused-ring (bicyclic) bond motifs is 1. The van der Waals surface area contributed by atoms with Gasteiger partial charge >= 0.3 is 0 Å². The third kappa shape index (κ3) is 5.24. The molecule has 2 saturated carbocycles. The molecular weight excluding hydrogens is 440 g/mol. The third-order valence-corrected chi connectivity index (χ3v) is 8.01. The Balaban J connectivity index is 1.54. The minimum Gasteiger partial charge on any atom is -0.427 e. The molecule has 0 bridgehead atoms. The number of ether oxygens (including phenoxy) is 4. The molecule has 0 aromatic carbocycles.